The van der Waals surface area contributed by atoms with Crippen molar-refractivity contribution in [1.29, 1.82) is 0 Å². The first-order valence-electron chi connectivity index (χ1n) is 12.9. The lowest BCUT2D eigenvalue weighted by atomic mass is 9.45. The second-order valence-electron chi connectivity index (χ2n) is 12.0. The van der Waals surface area contributed by atoms with Crippen LogP contribution in [0.5, 0.6) is 0 Å². The Morgan fingerprint density at radius 3 is 2.80 bits per heavy atom. The van der Waals surface area contributed by atoms with Gasteiger partial charge in [0.15, 0.2) is 5.78 Å². The number of aliphatic hydroxyl groups excluding tert-OH is 2. The molecular formula is C28H35N3O4. The van der Waals surface area contributed by atoms with E-state index in [0.717, 1.165) is 37.1 Å². The summed E-state index contributed by atoms with van der Waals surface area (Å²) in [6.07, 6.45) is 10.9. The van der Waals surface area contributed by atoms with E-state index in [2.05, 4.69) is 23.1 Å². The molecule has 7 heteroatoms. The van der Waals surface area contributed by atoms with Gasteiger partial charge in [-0.25, -0.2) is 4.68 Å². The Hall–Kier alpha value is -2.35. The van der Waals surface area contributed by atoms with Crippen LogP contribution in [0.1, 0.15) is 57.7 Å². The number of carbonyl (C=O) groups is 1. The Balaban J connectivity index is 1.39. The molecule has 7 nitrogen and oxygen atoms in total. The van der Waals surface area contributed by atoms with E-state index in [1.165, 1.54) is 11.1 Å². The fourth-order valence-corrected chi connectivity index (χ4v) is 8.92. The van der Waals surface area contributed by atoms with Gasteiger partial charge >= 0.3 is 0 Å². The maximum absolute atomic E-state index is 12.8. The Morgan fingerprint density at radius 2 is 2.09 bits per heavy atom. The van der Waals surface area contributed by atoms with E-state index >= 15 is 0 Å². The Kier molecular flexibility index (Phi) is 4.99. The maximum atomic E-state index is 12.8. The molecule has 2 aromatic rings. The van der Waals surface area contributed by atoms with Crippen molar-refractivity contribution in [3.63, 3.8) is 0 Å². The summed E-state index contributed by atoms with van der Waals surface area (Å²) >= 11 is 0. The van der Waals surface area contributed by atoms with E-state index in [1.807, 2.05) is 43.1 Å². The van der Waals surface area contributed by atoms with Crippen LogP contribution < -0.4 is 0 Å². The van der Waals surface area contributed by atoms with Crippen molar-refractivity contribution in [3.05, 3.63) is 47.6 Å². The van der Waals surface area contributed by atoms with Gasteiger partial charge in [-0.2, -0.15) is 5.10 Å². The quantitative estimate of drug-likeness (QED) is 0.627. The van der Waals surface area contributed by atoms with Crippen molar-refractivity contribution in [2.24, 2.45) is 34.5 Å². The first kappa shape index (κ1) is 23.1. The van der Waals surface area contributed by atoms with Crippen LogP contribution in [0.15, 0.2) is 36.3 Å². The summed E-state index contributed by atoms with van der Waals surface area (Å²) in [6, 6.07) is 3.92. The van der Waals surface area contributed by atoms with E-state index in [4.69, 9.17) is 0 Å². The van der Waals surface area contributed by atoms with Gasteiger partial charge in [0.1, 0.15) is 12.2 Å². The molecule has 0 aromatic carbocycles. The molecule has 0 aliphatic heterocycles. The highest BCUT2D eigenvalue weighted by Gasteiger charge is 2.70. The minimum absolute atomic E-state index is 0.0502. The molecule has 6 rings (SSSR count). The fraction of sp³-hybridized carbons (Fsp3) is 0.607. The lowest BCUT2D eigenvalue weighted by Gasteiger charge is -2.60. The van der Waals surface area contributed by atoms with Crippen LogP contribution in [0.25, 0.3) is 11.8 Å². The highest BCUT2D eigenvalue weighted by Crippen LogP contribution is 2.68. The number of Topliss-reactive ketones (excluding diaryl/α,β-unsaturated/α-hetero) is 1. The predicted octanol–water partition coefficient (Wildman–Crippen LogP) is 2.96. The fourth-order valence-electron chi connectivity index (χ4n) is 8.92. The Morgan fingerprint density at radius 1 is 1.29 bits per heavy atom. The van der Waals surface area contributed by atoms with Crippen LogP contribution in [-0.4, -0.2) is 54.2 Å². The molecule has 3 saturated carbocycles. The van der Waals surface area contributed by atoms with Crippen molar-refractivity contribution in [1.82, 2.24) is 14.8 Å². The van der Waals surface area contributed by atoms with Gasteiger partial charge in [-0.3, -0.25) is 9.78 Å². The molecule has 0 unspecified atom stereocenters. The molecule has 3 fully saturated rings. The van der Waals surface area contributed by atoms with E-state index in [1.54, 1.807) is 6.20 Å². The van der Waals surface area contributed by atoms with Crippen LogP contribution >= 0.6 is 0 Å². The van der Waals surface area contributed by atoms with Crippen molar-refractivity contribution in [2.45, 2.75) is 64.6 Å². The molecule has 0 amide bonds. The normalized spacial score (nSPS) is 41.9. The van der Waals surface area contributed by atoms with E-state index in [9.17, 15) is 20.1 Å². The maximum Gasteiger partial charge on any atom is 0.190 e. The first-order valence-corrected chi connectivity index (χ1v) is 12.9. The van der Waals surface area contributed by atoms with Crippen LogP contribution in [0, 0.1) is 34.5 Å². The third-order valence-electron chi connectivity index (χ3n) is 10.5. The smallest absolute Gasteiger partial charge is 0.190 e. The predicted molar refractivity (Wildman–Crippen MR) is 130 cm³/mol. The number of pyridine rings is 1. The van der Waals surface area contributed by atoms with Crippen molar-refractivity contribution in [3.8, 4) is 5.69 Å². The van der Waals surface area contributed by atoms with Gasteiger partial charge in [-0.15, -0.1) is 0 Å². The van der Waals surface area contributed by atoms with Gasteiger partial charge < -0.3 is 15.3 Å². The van der Waals surface area contributed by atoms with Gasteiger partial charge in [-0.1, -0.05) is 26.3 Å². The topological polar surface area (TPSA) is 108 Å². The summed E-state index contributed by atoms with van der Waals surface area (Å²) < 4.78 is 1.95. The molecule has 4 aliphatic rings. The lowest BCUT2D eigenvalue weighted by molar-refractivity contribution is -0.186. The number of aromatic nitrogens is 3. The molecule has 3 N–H and O–H groups in total. The third kappa shape index (κ3) is 2.86. The third-order valence-corrected chi connectivity index (χ3v) is 10.5. The minimum Gasteiger partial charge on any atom is -0.393 e. The summed E-state index contributed by atoms with van der Waals surface area (Å²) in [5.41, 5.74) is 2.01. The van der Waals surface area contributed by atoms with Crippen molar-refractivity contribution in [2.75, 3.05) is 6.61 Å². The number of fused-ring (bicyclic) bond motifs is 6. The molecule has 35 heavy (non-hydrogen) atoms. The Labute approximate surface area is 205 Å². The number of rotatable bonds is 3. The molecule has 0 bridgehead atoms. The van der Waals surface area contributed by atoms with Crippen molar-refractivity contribution >= 4 is 11.9 Å². The average molecular weight is 478 g/mol. The SMILES string of the molecule is C[C@@H]1C[C@H]2[C@@H]3CCC4=Cc5c(cnn5-c5cccnc5)C[C@]4(C)[C@H]3[C@@H](O)C[C@]2(C)[C@@]1(O)C(=O)CO. The Bertz CT molecular complexity index is 1210. The number of hydrogen-bond donors (Lipinski definition) is 3. The molecule has 8 atom stereocenters. The molecule has 0 radical (unpaired) electrons. The number of aliphatic hydroxyl groups is 3. The summed E-state index contributed by atoms with van der Waals surface area (Å²) in [6.45, 7) is 5.52. The van der Waals surface area contributed by atoms with Gasteiger partial charge in [0, 0.05) is 11.6 Å². The molecule has 2 aromatic heterocycles. The first-order chi connectivity index (χ1) is 16.6. The summed E-state index contributed by atoms with van der Waals surface area (Å²) in [5.74, 6) is -0.362. The molecule has 186 valence electrons. The average Bonchev–Trinajstić information content (AvgIpc) is 3.33. The van der Waals surface area contributed by atoms with E-state index in [0.29, 0.717) is 6.42 Å². The van der Waals surface area contributed by atoms with E-state index < -0.39 is 29.5 Å². The number of ketones is 1. The summed E-state index contributed by atoms with van der Waals surface area (Å²) in [7, 11) is 0. The monoisotopic (exact) mass is 477 g/mol. The van der Waals surface area contributed by atoms with Gasteiger partial charge in [0.25, 0.3) is 0 Å². The van der Waals surface area contributed by atoms with Gasteiger partial charge in [-0.05, 0) is 85.0 Å². The van der Waals surface area contributed by atoms with Gasteiger partial charge in [0.2, 0.25) is 0 Å². The van der Waals surface area contributed by atoms with Crippen LogP contribution in [-0.2, 0) is 11.2 Å². The van der Waals surface area contributed by atoms with Gasteiger partial charge in [0.05, 0.1) is 29.9 Å². The molecular weight excluding hydrogens is 442 g/mol. The molecule has 2 heterocycles. The highest BCUT2D eigenvalue weighted by molar-refractivity contribution is 5.90. The second-order valence-corrected chi connectivity index (χ2v) is 12.0. The van der Waals surface area contributed by atoms with E-state index in [-0.39, 0.29) is 29.1 Å². The minimum atomic E-state index is -1.60. The number of carbonyl (C=O) groups excluding carboxylic acids is 1. The summed E-state index contributed by atoms with van der Waals surface area (Å²) in [5, 5.41) is 37.7. The number of allylic oxidation sites excluding steroid dienone is 1. The molecule has 0 saturated heterocycles. The second kappa shape index (κ2) is 7.58. The number of nitrogens with zero attached hydrogens (tertiary/aromatic N) is 3. The molecule has 4 aliphatic carbocycles. The largest absolute Gasteiger partial charge is 0.393 e. The summed E-state index contributed by atoms with van der Waals surface area (Å²) in [4.78, 5) is 17.1. The zero-order valence-electron chi connectivity index (χ0n) is 20.7. The highest BCUT2D eigenvalue weighted by atomic mass is 16.3. The molecule has 0 spiro atoms. The van der Waals surface area contributed by atoms with Crippen LogP contribution in [0.3, 0.4) is 0 Å². The van der Waals surface area contributed by atoms with Crippen LogP contribution in [0.2, 0.25) is 0 Å². The lowest BCUT2D eigenvalue weighted by Crippen LogP contribution is -2.63. The zero-order valence-corrected chi connectivity index (χ0v) is 20.7. The number of hydrogen-bond acceptors (Lipinski definition) is 6. The zero-order chi connectivity index (χ0) is 24.8. The van der Waals surface area contributed by atoms with Crippen LogP contribution in [0.4, 0.5) is 0 Å². The van der Waals surface area contributed by atoms with Crippen molar-refractivity contribution < 1.29 is 20.1 Å². The standard InChI is InChI=1S/C28H35N3O4/c1-16-9-21-20-7-6-18-10-22-17(13-30-31(22)19-5-4-8-29-14-19)11-26(18,2)25(20)23(33)12-27(21,3)28(16,35)24(34)15-32/h4-5,8,10,13-14,16,20-21,23,25,32-33,35H,6-7,9,11-12,15H2,1-3H3/t16-,20+,21+,23+,25-,26+,27+,28+/m1/s1.